The normalized spacial score (nSPS) is 15.0. The Morgan fingerprint density at radius 2 is 1.77 bits per heavy atom. The van der Waals surface area contributed by atoms with E-state index in [0.29, 0.717) is 21.3 Å². The van der Waals surface area contributed by atoms with E-state index in [-0.39, 0.29) is 18.5 Å². The Labute approximate surface area is 217 Å². The van der Waals surface area contributed by atoms with Crippen molar-refractivity contribution in [1.29, 1.82) is 0 Å². The van der Waals surface area contributed by atoms with Crippen molar-refractivity contribution in [1.82, 2.24) is 10.2 Å². The first kappa shape index (κ1) is 27.3. The Morgan fingerprint density at radius 3 is 2.40 bits per heavy atom. The second kappa shape index (κ2) is 11.6. The highest BCUT2D eigenvalue weighted by atomic mass is 35.5. The molecule has 1 aliphatic rings. The SMILES string of the molecule is Cc1c(Cl)cccc1N(CC(=O)N(Cc1cccc(Cl)c1)C(C)C(=O)NC1CCCC1)S(C)(=O)=O. The molecule has 1 atom stereocenters. The Morgan fingerprint density at radius 1 is 1.11 bits per heavy atom. The molecule has 1 unspecified atom stereocenters. The Bertz CT molecular complexity index is 1180. The van der Waals surface area contributed by atoms with Crippen LogP contribution in [0.4, 0.5) is 5.69 Å². The zero-order valence-electron chi connectivity index (χ0n) is 20.1. The Hall–Kier alpha value is -2.29. The number of nitrogens with one attached hydrogen (secondary N) is 1. The number of hydrogen-bond acceptors (Lipinski definition) is 4. The van der Waals surface area contributed by atoms with Gasteiger partial charge in [-0.15, -0.1) is 0 Å². The van der Waals surface area contributed by atoms with E-state index in [9.17, 15) is 18.0 Å². The second-order valence-corrected chi connectivity index (χ2v) is 11.7. The summed E-state index contributed by atoms with van der Waals surface area (Å²) >= 11 is 12.4. The van der Waals surface area contributed by atoms with E-state index < -0.39 is 28.5 Å². The van der Waals surface area contributed by atoms with Gasteiger partial charge in [-0.05, 0) is 62.1 Å². The fraction of sp³-hybridized carbons (Fsp3) is 0.440. The van der Waals surface area contributed by atoms with Crippen molar-refractivity contribution < 1.29 is 18.0 Å². The lowest BCUT2D eigenvalue weighted by Gasteiger charge is -2.32. The summed E-state index contributed by atoms with van der Waals surface area (Å²) in [6.07, 6.45) is 4.99. The predicted octanol–water partition coefficient (Wildman–Crippen LogP) is 4.54. The van der Waals surface area contributed by atoms with Gasteiger partial charge in [0, 0.05) is 22.6 Å². The Kier molecular flexibility index (Phi) is 9.07. The van der Waals surface area contributed by atoms with Crippen LogP contribution in [0.2, 0.25) is 10.0 Å². The van der Waals surface area contributed by atoms with Crippen molar-refractivity contribution in [2.45, 2.75) is 58.2 Å². The van der Waals surface area contributed by atoms with Gasteiger partial charge in [0.25, 0.3) is 0 Å². The number of benzene rings is 2. The molecule has 1 N–H and O–H groups in total. The zero-order valence-corrected chi connectivity index (χ0v) is 22.5. The Balaban J connectivity index is 1.91. The van der Waals surface area contributed by atoms with Gasteiger partial charge >= 0.3 is 0 Å². The number of nitrogens with zero attached hydrogens (tertiary/aromatic N) is 2. The minimum atomic E-state index is -3.82. The molecule has 10 heteroatoms. The fourth-order valence-corrected chi connectivity index (χ4v) is 5.55. The van der Waals surface area contributed by atoms with Gasteiger partial charge in [-0.2, -0.15) is 0 Å². The average Bonchev–Trinajstić information content (AvgIpc) is 3.29. The van der Waals surface area contributed by atoms with Crippen molar-refractivity contribution in [3.8, 4) is 0 Å². The molecule has 0 heterocycles. The van der Waals surface area contributed by atoms with Crippen molar-refractivity contribution >= 4 is 50.7 Å². The number of anilines is 1. The molecular weight excluding hydrogens is 509 g/mol. The molecule has 35 heavy (non-hydrogen) atoms. The van der Waals surface area contributed by atoms with Gasteiger partial charge in [-0.1, -0.05) is 54.2 Å². The smallest absolute Gasteiger partial charge is 0.244 e. The van der Waals surface area contributed by atoms with Crippen molar-refractivity contribution in [2.24, 2.45) is 0 Å². The van der Waals surface area contributed by atoms with E-state index in [0.717, 1.165) is 41.8 Å². The maximum Gasteiger partial charge on any atom is 0.244 e. The lowest BCUT2D eigenvalue weighted by atomic mass is 10.1. The first-order valence-corrected chi connectivity index (χ1v) is 14.1. The standard InChI is InChI=1S/C25H31Cl2N3O4S/c1-17-22(27)12-7-13-23(17)30(35(3,33)34)16-24(31)29(15-19-8-6-9-20(26)14-19)18(2)25(32)28-21-10-4-5-11-21/h6-9,12-14,18,21H,4-5,10-11,15-16H2,1-3H3,(H,28,32). The van der Waals surface area contributed by atoms with Crippen molar-refractivity contribution in [3.05, 3.63) is 63.6 Å². The molecule has 7 nitrogen and oxygen atoms in total. The number of hydrogen-bond donors (Lipinski definition) is 1. The fourth-order valence-electron chi connectivity index (χ4n) is 4.27. The van der Waals surface area contributed by atoms with Crippen molar-refractivity contribution in [3.63, 3.8) is 0 Å². The van der Waals surface area contributed by atoms with Gasteiger partial charge in [0.05, 0.1) is 11.9 Å². The van der Waals surface area contributed by atoms with Gasteiger partial charge < -0.3 is 10.2 Å². The number of rotatable bonds is 9. The molecule has 0 spiro atoms. The van der Waals surface area contributed by atoms with Gasteiger partial charge in [0.15, 0.2) is 0 Å². The number of carbonyl (C=O) groups excluding carboxylic acids is 2. The van der Waals surface area contributed by atoms with Gasteiger partial charge in [-0.25, -0.2) is 8.42 Å². The molecule has 2 aromatic carbocycles. The molecule has 0 aliphatic heterocycles. The quantitative estimate of drug-likeness (QED) is 0.506. The van der Waals surface area contributed by atoms with Gasteiger partial charge in [0.1, 0.15) is 12.6 Å². The summed E-state index contributed by atoms with van der Waals surface area (Å²) in [4.78, 5) is 28.1. The van der Waals surface area contributed by atoms with Crippen LogP contribution in [0.25, 0.3) is 0 Å². The summed E-state index contributed by atoms with van der Waals surface area (Å²) in [5.41, 5.74) is 1.59. The maximum atomic E-state index is 13.6. The van der Waals surface area contributed by atoms with E-state index in [1.807, 2.05) is 6.07 Å². The van der Waals surface area contributed by atoms with Crippen LogP contribution in [-0.4, -0.2) is 50.0 Å². The monoisotopic (exact) mass is 539 g/mol. The van der Waals surface area contributed by atoms with Crippen molar-refractivity contribution in [2.75, 3.05) is 17.1 Å². The van der Waals surface area contributed by atoms with Gasteiger partial charge in [-0.3, -0.25) is 13.9 Å². The third-order valence-corrected chi connectivity index (χ3v) is 8.07. The molecular formula is C25H31Cl2N3O4S. The molecule has 1 aliphatic carbocycles. The first-order valence-electron chi connectivity index (χ1n) is 11.5. The van der Waals surface area contributed by atoms with Crippen LogP contribution in [0.5, 0.6) is 0 Å². The molecule has 0 aromatic heterocycles. The van der Waals surface area contributed by atoms with Crippen LogP contribution >= 0.6 is 23.2 Å². The highest BCUT2D eigenvalue weighted by Gasteiger charge is 2.32. The zero-order chi connectivity index (χ0) is 25.8. The van der Waals surface area contributed by atoms with Crippen LogP contribution in [0.15, 0.2) is 42.5 Å². The molecule has 190 valence electrons. The van der Waals surface area contributed by atoms with E-state index >= 15 is 0 Å². The highest BCUT2D eigenvalue weighted by molar-refractivity contribution is 7.92. The largest absolute Gasteiger partial charge is 0.352 e. The number of sulfonamides is 1. The first-order chi connectivity index (χ1) is 16.5. The van der Waals surface area contributed by atoms with E-state index in [2.05, 4.69) is 5.32 Å². The van der Waals surface area contributed by atoms with Crippen LogP contribution in [-0.2, 0) is 26.2 Å². The summed E-state index contributed by atoms with van der Waals surface area (Å²) in [5.74, 6) is -0.777. The summed E-state index contributed by atoms with van der Waals surface area (Å²) in [7, 11) is -3.82. The third-order valence-electron chi connectivity index (χ3n) is 6.30. The summed E-state index contributed by atoms with van der Waals surface area (Å²) < 4.78 is 26.4. The van der Waals surface area contributed by atoms with Crippen LogP contribution < -0.4 is 9.62 Å². The summed E-state index contributed by atoms with van der Waals surface area (Å²) in [6, 6.07) is 11.2. The molecule has 2 amide bonds. The number of amides is 2. The second-order valence-electron chi connectivity index (χ2n) is 8.97. The van der Waals surface area contributed by atoms with Crippen LogP contribution in [0.3, 0.4) is 0 Å². The van der Waals surface area contributed by atoms with E-state index in [1.54, 1.807) is 50.2 Å². The molecule has 0 saturated heterocycles. The van der Waals surface area contributed by atoms with E-state index in [4.69, 9.17) is 23.2 Å². The highest BCUT2D eigenvalue weighted by Crippen LogP contribution is 2.28. The summed E-state index contributed by atoms with van der Waals surface area (Å²) in [5, 5.41) is 3.93. The van der Waals surface area contributed by atoms with Crippen LogP contribution in [0, 0.1) is 6.92 Å². The lowest BCUT2D eigenvalue weighted by molar-refractivity contribution is -0.139. The number of halogens is 2. The van der Waals surface area contributed by atoms with Gasteiger partial charge in [0.2, 0.25) is 21.8 Å². The lowest BCUT2D eigenvalue weighted by Crippen LogP contribution is -2.52. The molecule has 3 rings (SSSR count). The molecule has 0 bridgehead atoms. The minimum Gasteiger partial charge on any atom is -0.352 e. The average molecular weight is 541 g/mol. The molecule has 0 radical (unpaired) electrons. The summed E-state index contributed by atoms with van der Waals surface area (Å²) in [6.45, 7) is 2.98. The minimum absolute atomic E-state index is 0.0923. The molecule has 1 saturated carbocycles. The molecule has 2 aromatic rings. The van der Waals surface area contributed by atoms with E-state index in [1.165, 1.54) is 4.90 Å². The molecule has 1 fully saturated rings. The number of carbonyl (C=O) groups is 2. The van der Waals surface area contributed by atoms with Crippen LogP contribution in [0.1, 0.15) is 43.7 Å². The maximum absolute atomic E-state index is 13.6. The topological polar surface area (TPSA) is 86.8 Å². The predicted molar refractivity (Wildman–Crippen MR) is 140 cm³/mol. The third kappa shape index (κ3) is 7.12.